The largest absolute Gasteiger partial charge is 0.497 e. The van der Waals surface area contributed by atoms with Crippen LogP contribution in [-0.2, 0) is 9.59 Å². The molecular weight excluding hydrogens is 294 g/mol. The van der Waals surface area contributed by atoms with Gasteiger partial charge in [0.15, 0.2) is 0 Å². The molecule has 0 aromatic heterocycles. The Hall–Kier alpha value is -2.08. The van der Waals surface area contributed by atoms with Crippen molar-refractivity contribution in [1.29, 1.82) is 0 Å². The number of amides is 2. The molecule has 0 spiro atoms. The van der Waals surface area contributed by atoms with Crippen LogP contribution in [0.15, 0.2) is 24.3 Å². The number of nitrogens with one attached hydrogen (secondary N) is 1. The Morgan fingerprint density at radius 1 is 1.09 bits per heavy atom. The minimum atomic E-state index is -1.10. The van der Waals surface area contributed by atoms with Gasteiger partial charge in [-0.1, -0.05) is 0 Å². The summed E-state index contributed by atoms with van der Waals surface area (Å²) in [5.74, 6) is 0.291. The number of anilines is 1. The van der Waals surface area contributed by atoms with Crippen molar-refractivity contribution in [2.24, 2.45) is 5.41 Å². The highest BCUT2D eigenvalue weighted by Crippen LogP contribution is 2.23. The van der Waals surface area contributed by atoms with E-state index in [0.29, 0.717) is 18.8 Å². The lowest BCUT2D eigenvalue weighted by molar-refractivity contribution is -0.147. The zero-order valence-electron chi connectivity index (χ0n) is 14.3. The smallest absolute Gasteiger partial charge is 0.239 e. The molecule has 1 heterocycles. The summed E-state index contributed by atoms with van der Waals surface area (Å²) in [6.45, 7) is 6.34. The molecule has 2 amide bonds. The van der Waals surface area contributed by atoms with Crippen molar-refractivity contribution in [3.8, 4) is 5.75 Å². The molecule has 6 heteroatoms. The summed E-state index contributed by atoms with van der Waals surface area (Å²) in [6, 6.07) is 7.05. The van der Waals surface area contributed by atoms with Crippen LogP contribution in [0.25, 0.3) is 0 Å². The first-order chi connectivity index (χ1) is 10.8. The lowest BCUT2D eigenvalue weighted by Gasteiger charge is -2.36. The standard InChI is InChI=1S/C17H25N3O3/c1-17(2,16(22)20-11-9-19(3)10-12-20)15(21)18-13-5-7-14(23-4)8-6-13/h5-8H,9-12H2,1-4H3,(H,18,21). The first-order valence-electron chi connectivity index (χ1n) is 7.78. The van der Waals surface area contributed by atoms with Crippen LogP contribution in [0.5, 0.6) is 5.75 Å². The molecule has 0 radical (unpaired) electrons. The van der Waals surface area contributed by atoms with Gasteiger partial charge in [-0.3, -0.25) is 9.59 Å². The number of ether oxygens (including phenoxy) is 1. The van der Waals surface area contributed by atoms with Crippen LogP contribution >= 0.6 is 0 Å². The SMILES string of the molecule is COc1ccc(NC(=O)C(C)(C)C(=O)N2CCN(C)CC2)cc1. The van der Waals surface area contributed by atoms with Gasteiger partial charge in [-0.25, -0.2) is 0 Å². The second-order valence-electron chi connectivity index (χ2n) is 6.40. The van der Waals surface area contributed by atoms with Crippen molar-refractivity contribution in [3.05, 3.63) is 24.3 Å². The average molecular weight is 319 g/mol. The molecule has 23 heavy (non-hydrogen) atoms. The van der Waals surface area contributed by atoms with E-state index in [0.717, 1.165) is 18.8 Å². The topological polar surface area (TPSA) is 61.9 Å². The molecular formula is C17H25N3O3. The maximum absolute atomic E-state index is 12.7. The Morgan fingerprint density at radius 3 is 2.17 bits per heavy atom. The van der Waals surface area contributed by atoms with E-state index in [9.17, 15) is 9.59 Å². The second-order valence-corrected chi connectivity index (χ2v) is 6.40. The van der Waals surface area contributed by atoms with Crippen LogP contribution in [0.3, 0.4) is 0 Å². The number of benzene rings is 1. The summed E-state index contributed by atoms with van der Waals surface area (Å²) in [5, 5.41) is 2.81. The molecule has 1 fully saturated rings. The third-order valence-electron chi connectivity index (χ3n) is 4.24. The van der Waals surface area contributed by atoms with Gasteiger partial charge in [-0.05, 0) is 45.2 Å². The fourth-order valence-electron chi connectivity index (χ4n) is 2.46. The molecule has 1 aromatic rings. The van der Waals surface area contributed by atoms with Crippen LogP contribution in [0.2, 0.25) is 0 Å². The Bertz CT molecular complexity index is 561. The summed E-state index contributed by atoms with van der Waals surface area (Å²) in [7, 11) is 3.62. The van der Waals surface area contributed by atoms with Gasteiger partial charge in [-0.15, -0.1) is 0 Å². The predicted molar refractivity (Wildman–Crippen MR) is 89.5 cm³/mol. The zero-order valence-corrected chi connectivity index (χ0v) is 14.3. The maximum atomic E-state index is 12.7. The van der Waals surface area contributed by atoms with Crippen LogP contribution < -0.4 is 10.1 Å². The van der Waals surface area contributed by atoms with Gasteiger partial charge in [0.2, 0.25) is 11.8 Å². The summed E-state index contributed by atoms with van der Waals surface area (Å²) < 4.78 is 5.09. The van der Waals surface area contributed by atoms with Gasteiger partial charge in [0.1, 0.15) is 11.2 Å². The van der Waals surface area contributed by atoms with Crippen molar-refractivity contribution in [1.82, 2.24) is 9.80 Å². The minimum Gasteiger partial charge on any atom is -0.497 e. The Balaban J connectivity index is 2.02. The van der Waals surface area contributed by atoms with Gasteiger partial charge >= 0.3 is 0 Å². The highest BCUT2D eigenvalue weighted by molar-refractivity contribution is 6.09. The summed E-state index contributed by atoms with van der Waals surface area (Å²) in [6.07, 6.45) is 0. The van der Waals surface area contributed by atoms with Crippen molar-refractivity contribution < 1.29 is 14.3 Å². The number of methoxy groups -OCH3 is 1. The molecule has 1 aliphatic rings. The van der Waals surface area contributed by atoms with E-state index in [1.54, 1.807) is 50.1 Å². The van der Waals surface area contributed by atoms with Crippen molar-refractivity contribution >= 4 is 17.5 Å². The molecule has 6 nitrogen and oxygen atoms in total. The van der Waals surface area contributed by atoms with Gasteiger partial charge in [-0.2, -0.15) is 0 Å². The highest BCUT2D eigenvalue weighted by atomic mass is 16.5. The maximum Gasteiger partial charge on any atom is 0.239 e. The van der Waals surface area contributed by atoms with E-state index < -0.39 is 5.41 Å². The minimum absolute atomic E-state index is 0.128. The molecule has 1 saturated heterocycles. The quantitative estimate of drug-likeness (QED) is 0.853. The van der Waals surface area contributed by atoms with E-state index in [2.05, 4.69) is 10.2 Å². The first kappa shape index (κ1) is 17.3. The highest BCUT2D eigenvalue weighted by Gasteiger charge is 2.39. The summed E-state index contributed by atoms with van der Waals surface area (Å²) in [4.78, 5) is 29.2. The summed E-state index contributed by atoms with van der Waals surface area (Å²) >= 11 is 0. The number of carbonyl (C=O) groups is 2. The molecule has 0 bridgehead atoms. The number of piperazine rings is 1. The third kappa shape index (κ3) is 4.01. The monoisotopic (exact) mass is 319 g/mol. The van der Waals surface area contributed by atoms with Crippen molar-refractivity contribution in [3.63, 3.8) is 0 Å². The molecule has 1 N–H and O–H groups in total. The average Bonchev–Trinajstić information content (AvgIpc) is 2.55. The van der Waals surface area contributed by atoms with Gasteiger partial charge in [0.05, 0.1) is 7.11 Å². The molecule has 1 aromatic carbocycles. The van der Waals surface area contributed by atoms with Crippen LogP contribution in [0.4, 0.5) is 5.69 Å². The number of rotatable bonds is 4. The molecule has 0 unspecified atom stereocenters. The Labute approximate surface area is 137 Å². The lowest BCUT2D eigenvalue weighted by atomic mass is 9.89. The molecule has 0 saturated carbocycles. The van der Waals surface area contributed by atoms with Crippen LogP contribution in [0, 0.1) is 5.41 Å². The Morgan fingerprint density at radius 2 is 1.65 bits per heavy atom. The summed E-state index contributed by atoms with van der Waals surface area (Å²) in [5.41, 5.74) is -0.453. The van der Waals surface area contributed by atoms with Gasteiger partial charge in [0.25, 0.3) is 0 Å². The van der Waals surface area contributed by atoms with Crippen LogP contribution in [0.1, 0.15) is 13.8 Å². The Kier molecular flexibility index (Phi) is 5.26. The predicted octanol–water partition coefficient (Wildman–Crippen LogP) is 1.43. The van der Waals surface area contributed by atoms with E-state index in [1.807, 2.05) is 7.05 Å². The molecule has 2 rings (SSSR count). The number of hydrogen-bond acceptors (Lipinski definition) is 4. The number of nitrogens with zero attached hydrogens (tertiary/aromatic N) is 2. The number of carbonyl (C=O) groups excluding carboxylic acids is 2. The third-order valence-corrected chi connectivity index (χ3v) is 4.24. The lowest BCUT2D eigenvalue weighted by Crippen LogP contribution is -2.53. The number of hydrogen-bond donors (Lipinski definition) is 1. The zero-order chi connectivity index (χ0) is 17.0. The van der Waals surface area contributed by atoms with Gasteiger partial charge < -0.3 is 19.9 Å². The molecule has 1 aliphatic heterocycles. The van der Waals surface area contributed by atoms with E-state index in [-0.39, 0.29) is 11.8 Å². The van der Waals surface area contributed by atoms with E-state index in [4.69, 9.17) is 4.74 Å². The number of likely N-dealkylation sites (N-methyl/N-ethyl adjacent to an activating group) is 1. The second kappa shape index (κ2) is 7.00. The molecule has 0 aliphatic carbocycles. The normalized spacial score (nSPS) is 16.1. The van der Waals surface area contributed by atoms with Crippen molar-refractivity contribution in [2.45, 2.75) is 13.8 Å². The van der Waals surface area contributed by atoms with E-state index >= 15 is 0 Å². The molecule has 126 valence electrons. The fraction of sp³-hybridized carbons (Fsp3) is 0.529. The van der Waals surface area contributed by atoms with Crippen LogP contribution in [-0.4, -0.2) is 62.0 Å². The van der Waals surface area contributed by atoms with Gasteiger partial charge in [0, 0.05) is 31.9 Å². The van der Waals surface area contributed by atoms with E-state index in [1.165, 1.54) is 0 Å². The first-order valence-corrected chi connectivity index (χ1v) is 7.78. The van der Waals surface area contributed by atoms with Crippen molar-refractivity contribution in [2.75, 3.05) is 45.7 Å². The fourth-order valence-corrected chi connectivity index (χ4v) is 2.46. The molecule has 0 atom stereocenters.